The highest BCUT2D eigenvalue weighted by Gasteiger charge is 2.34. The predicted molar refractivity (Wildman–Crippen MR) is 73.8 cm³/mol. The van der Waals surface area contributed by atoms with E-state index in [9.17, 15) is 0 Å². The van der Waals surface area contributed by atoms with Crippen LogP contribution in [-0.2, 0) is 11.2 Å². The van der Waals surface area contributed by atoms with Gasteiger partial charge in [0.25, 0.3) is 0 Å². The third kappa shape index (κ3) is 2.32. The summed E-state index contributed by atoms with van der Waals surface area (Å²) in [4.78, 5) is 11.6. The van der Waals surface area contributed by atoms with Gasteiger partial charge in [0.05, 0.1) is 6.61 Å². The SMILES string of the molecule is CCc1c(C)nc(C2CN3CCCC3CO2)nc1N. The highest BCUT2D eigenvalue weighted by Crippen LogP contribution is 2.29. The molecule has 1 aromatic heterocycles. The zero-order valence-corrected chi connectivity index (χ0v) is 11.7. The molecule has 3 rings (SSSR count). The second kappa shape index (κ2) is 5.06. The topological polar surface area (TPSA) is 64.3 Å². The summed E-state index contributed by atoms with van der Waals surface area (Å²) in [6, 6.07) is 0.601. The number of hydrogen-bond donors (Lipinski definition) is 1. The molecule has 2 atom stereocenters. The van der Waals surface area contributed by atoms with Crippen molar-refractivity contribution in [2.45, 2.75) is 45.3 Å². The largest absolute Gasteiger partial charge is 0.383 e. The Bertz CT molecular complexity index is 454. The fourth-order valence-corrected chi connectivity index (χ4v) is 3.19. The smallest absolute Gasteiger partial charge is 0.161 e. The molecular formula is C14H22N4O. The summed E-state index contributed by atoms with van der Waals surface area (Å²) in [6.07, 6.45) is 3.37. The Morgan fingerprint density at radius 2 is 2.26 bits per heavy atom. The zero-order valence-electron chi connectivity index (χ0n) is 11.7. The van der Waals surface area contributed by atoms with E-state index in [1.807, 2.05) is 6.92 Å². The van der Waals surface area contributed by atoms with Crippen molar-refractivity contribution in [3.63, 3.8) is 0 Å². The van der Waals surface area contributed by atoms with E-state index < -0.39 is 0 Å². The van der Waals surface area contributed by atoms with Gasteiger partial charge in [0.15, 0.2) is 5.82 Å². The van der Waals surface area contributed by atoms with Crippen molar-refractivity contribution < 1.29 is 4.74 Å². The van der Waals surface area contributed by atoms with Crippen molar-refractivity contribution in [2.24, 2.45) is 0 Å². The minimum atomic E-state index is -0.0266. The first-order valence-corrected chi connectivity index (χ1v) is 7.17. The molecular weight excluding hydrogens is 240 g/mol. The molecule has 0 saturated carbocycles. The molecule has 0 aromatic carbocycles. The number of rotatable bonds is 2. The fraction of sp³-hybridized carbons (Fsp3) is 0.714. The second-order valence-corrected chi connectivity index (χ2v) is 5.50. The van der Waals surface area contributed by atoms with E-state index in [4.69, 9.17) is 10.5 Å². The van der Waals surface area contributed by atoms with Crippen molar-refractivity contribution in [1.29, 1.82) is 0 Å². The molecule has 2 aliphatic rings. The lowest BCUT2D eigenvalue weighted by molar-refractivity contribution is -0.0541. The van der Waals surface area contributed by atoms with Gasteiger partial charge in [0.2, 0.25) is 0 Å². The third-order valence-electron chi connectivity index (χ3n) is 4.29. The summed E-state index contributed by atoms with van der Waals surface area (Å²) in [5.74, 6) is 1.36. The van der Waals surface area contributed by atoms with Crippen LogP contribution in [0.15, 0.2) is 0 Å². The number of hydrogen-bond acceptors (Lipinski definition) is 5. The maximum Gasteiger partial charge on any atom is 0.161 e. The van der Waals surface area contributed by atoms with Crippen molar-refractivity contribution >= 4 is 5.82 Å². The van der Waals surface area contributed by atoms with Crippen LogP contribution in [0.4, 0.5) is 5.82 Å². The predicted octanol–water partition coefficient (Wildman–Crippen LogP) is 1.47. The van der Waals surface area contributed by atoms with E-state index in [0.717, 1.165) is 36.7 Å². The van der Waals surface area contributed by atoms with E-state index >= 15 is 0 Å². The van der Waals surface area contributed by atoms with Crippen LogP contribution in [0.25, 0.3) is 0 Å². The number of fused-ring (bicyclic) bond motifs is 1. The number of morpholine rings is 1. The van der Waals surface area contributed by atoms with Gasteiger partial charge in [0.1, 0.15) is 11.9 Å². The van der Waals surface area contributed by atoms with Gasteiger partial charge in [-0.1, -0.05) is 6.92 Å². The van der Waals surface area contributed by atoms with Gasteiger partial charge in [-0.05, 0) is 32.7 Å². The molecule has 5 nitrogen and oxygen atoms in total. The van der Waals surface area contributed by atoms with Crippen molar-refractivity contribution in [2.75, 3.05) is 25.4 Å². The van der Waals surface area contributed by atoms with Crippen LogP contribution < -0.4 is 5.73 Å². The Hall–Kier alpha value is -1.20. The average Bonchev–Trinajstić information content (AvgIpc) is 2.85. The van der Waals surface area contributed by atoms with Gasteiger partial charge in [0, 0.05) is 23.8 Å². The van der Waals surface area contributed by atoms with Gasteiger partial charge in [-0.3, -0.25) is 4.90 Å². The molecule has 2 saturated heterocycles. The summed E-state index contributed by atoms with van der Waals surface area (Å²) < 4.78 is 5.94. The first-order valence-electron chi connectivity index (χ1n) is 7.17. The normalized spacial score (nSPS) is 27.5. The van der Waals surface area contributed by atoms with Gasteiger partial charge in [-0.25, -0.2) is 9.97 Å². The minimum absolute atomic E-state index is 0.0266. The lowest BCUT2D eigenvalue weighted by Gasteiger charge is -2.34. The van der Waals surface area contributed by atoms with Crippen LogP contribution in [0.3, 0.4) is 0 Å². The molecule has 2 fully saturated rings. The van der Waals surface area contributed by atoms with Crippen molar-refractivity contribution in [3.8, 4) is 0 Å². The maximum absolute atomic E-state index is 6.03. The molecule has 0 bridgehead atoms. The lowest BCUT2D eigenvalue weighted by Crippen LogP contribution is -2.43. The Kier molecular flexibility index (Phi) is 3.41. The van der Waals surface area contributed by atoms with Gasteiger partial charge >= 0.3 is 0 Å². The Morgan fingerprint density at radius 3 is 3.00 bits per heavy atom. The van der Waals surface area contributed by atoms with Crippen LogP contribution in [0, 0.1) is 6.92 Å². The highest BCUT2D eigenvalue weighted by molar-refractivity contribution is 5.42. The first-order chi connectivity index (χ1) is 9.19. The summed E-state index contributed by atoms with van der Waals surface area (Å²) in [7, 11) is 0. The summed E-state index contributed by atoms with van der Waals surface area (Å²) in [6.45, 7) is 6.94. The molecule has 1 aromatic rings. The molecule has 0 radical (unpaired) electrons. The number of aryl methyl sites for hydroxylation is 1. The first kappa shape index (κ1) is 12.8. The monoisotopic (exact) mass is 262 g/mol. The molecule has 3 heterocycles. The van der Waals surface area contributed by atoms with Crippen LogP contribution in [0.5, 0.6) is 0 Å². The quantitative estimate of drug-likeness (QED) is 0.874. The maximum atomic E-state index is 6.03. The number of aromatic nitrogens is 2. The minimum Gasteiger partial charge on any atom is -0.383 e. The second-order valence-electron chi connectivity index (χ2n) is 5.50. The third-order valence-corrected chi connectivity index (χ3v) is 4.29. The number of nitrogens with zero attached hydrogens (tertiary/aromatic N) is 3. The Morgan fingerprint density at radius 1 is 1.42 bits per heavy atom. The van der Waals surface area contributed by atoms with E-state index in [-0.39, 0.29) is 6.10 Å². The summed E-state index contributed by atoms with van der Waals surface area (Å²) >= 11 is 0. The molecule has 0 aliphatic carbocycles. The number of nitrogens with two attached hydrogens (primary N) is 1. The van der Waals surface area contributed by atoms with Crippen LogP contribution in [0.1, 0.15) is 43.0 Å². The molecule has 2 unspecified atom stereocenters. The van der Waals surface area contributed by atoms with Crippen LogP contribution >= 0.6 is 0 Å². The fourth-order valence-electron chi connectivity index (χ4n) is 3.19. The van der Waals surface area contributed by atoms with Crippen LogP contribution in [-0.4, -0.2) is 40.6 Å². The summed E-state index contributed by atoms with van der Waals surface area (Å²) in [5, 5.41) is 0. The Balaban J connectivity index is 1.82. The highest BCUT2D eigenvalue weighted by atomic mass is 16.5. The standard InChI is InChI=1S/C14H22N4O/c1-3-11-9(2)16-14(17-13(11)15)12-7-18-6-4-5-10(18)8-19-12/h10,12H,3-8H2,1-2H3,(H2,15,16,17). The van der Waals surface area contributed by atoms with Gasteiger partial charge < -0.3 is 10.5 Å². The molecule has 0 amide bonds. The Labute approximate surface area is 114 Å². The number of nitrogen functional groups attached to an aromatic ring is 1. The van der Waals surface area contributed by atoms with Crippen LogP contribution in [0.2, 0.25) is 0 Å². The number of ether oxygens (including phenoxy) is 1. The van der Waals surface area contributed by atoms with Gasteiger partial charge in [-0.2, -0.15) is 0 Å². The molecule has 5 heteroatoms. The van der Waals surface area contributed by atoms with E-state index in [0.29, 0.717) is 11.9 Å². The molecule has 2 N–H and O–H groups in total. The average molecular weight is 262 g/mol. The van der Waals surface area contributed by atoms with E-state index in [1.54, 1.807) is 0 Å². The zero-order chi connectivity index (χ0) is 13.4. The molecule has 104 valence electrons. The lowest BCUT2D eigenvalue weighted by atomic mass is 10.1. The molecule has 2 aliphatic heterocycles. The van der Waals surface area contributed by atoms with Crippen molar-refractivity contribution in [1.82, 2.24) is 14.9 Å². The number of anilines is 1. The molecule has 19 heavy (non-hydrogen) atoms. The summed E-state index contributed by atoms with van der Waals surface area (Å²) in [5.41, 5.74) is 8.06. The van der Waals surface area contributed by atoms with E-state index in [2.05, 4.69) is 21.8 Å². The van der Waals surface area contributed by atoms with E-state index in [1.165, 1.54) is 19.4 Å². The van der Waals surface area contributed by atoms with Crippen molar-refractivity contribution in [3.05, 3.63) is 17.1 Å². The van der Waals surface area contributed by atoms with Gasteiger partial charge in [-0.15, -0.1) is 0 Å². The molecule has 0 spiro atoms.